The van der Waals surface area contributed by atoms with Gasteiger partial charge in [0.05, 0.1) is 93.1 Å². The number of imide groups is 1. The summed E-state index contributed by atoms with van der Waals surface area (Å²) < 4.78 is 36.1. The first-order valence-corrected chi connectivity index (χ1v) is 35.6. The number of hydrogen-bond acceptors (Lipinski definition) is 21. The number of thioether (sulfide) groups is 1. The predicted octanol–water partition coefficient (Wildman–Crippen LogP) is 5.51. The third-order valence-electron chi connectivity index (χ3n) is 18.5. The average molecular weight is 1440 g/mol. The summed E-state index contributed by atoms with van der Waals surface area (Å²) in [5.41, 5.74) is 1.42. The normalized spacial score (nSPS) is 17.3. The minimum Gasteiger partial charge on any atom is -0.484 e. The quantitative estimate of drug-likeness (QED) is 0.0202. The fraction of sp³-hybridized carbons (Fsp3) is 0.643. The molecule has 5 rings (SSSR count). The monoisotopic (exact) mass is 1440 g/mol. The van der Waals surface area contributed by atoms with Crippen molar-refractivity contribution in [3.63, 3.8) is 0 Å². The lowest BCUT2D eigenvalue weighted by Crippen LogP contribution is -2.60. The van der Waals surface area contributed by atoms with Crippen LogP contribution in [0.5, 0.6) is 5.75 Å². The average Bonchev–Trinajstić information content (AvgIpc) is 1.64. The molecule has 0 radical (unpaired) electrons. The highest BCUT2D eigenvalue weighted by Gasteiger charge is 2.44. The molecule has 0 spiro atoms. The van der Waals surface area contributed by atoms with Crippen LogP contribution >= 0.6 is 11.8 Å². The molecule has 11 atom stereocenters. The number of nitro groups is 1. The molecule has 9 amide bonds. The maximum Gasteiger partial charge on any atom is 0.434 e. The zero-order valence-corrected chi connectivity index (χ0v) is 61.6. The summed E-state index contributed by atoms with van der Waals surface area (Å²) >= 11 is 1.32. The van der Waals surface area contributed by atoms with Crippen LogP contribution in [0.15, 0.2) is 54.7 Å². The van der Waals surface area contributed by atoms with Gasteiger partial charge in [0.1, 0.15) is 43.0 Å². The van der Waals surface area contributed by atoms with Crippen molar-refractivity contribution >= 4 is 82.5 Å². The van der Waals surface area contributed by atoms with Crippen LogP contribution in [-0.4, -0.2) is 227 Å². The Bertz CT molecular complexity index is 3280. The molecule has 3 aromatic rings. The Balaban J connectivity index is 1.17. The molecule has 560 valence electrons. The van der Waals surface area contributed by atoms with Crippen molar-refractivity contribution in [2.45, 2.75) is 180 Å². The number of anilines is 1. The van der Waals surface area contributed by atoms with Crippen molar-refractivity contribution in [2.75, 3.05) is 85.9 Å². The number of nitrogens with zero attached hydrogens (tertiary/aromatic N) is 7. The first kappa shape index (κ1) is 83.6. The van der Waals surface area contributed by atoms with E-state index < -0.39 is 119 Å². The highest BCUT2D eigenvalue weighted by atomic mass is 32.2. The lowest BCUT2D eigenvalue weighted by atomic mass is 9.89. The lowest BCUT2D eigenvalue weighted by Gasteiger charge is -2.41. The molecular formula is C70H105N11O19S. The van der Waals surface area contributed by atoms with Crippen molar-refractivity contribution in [3.05, 3.63) is 81.7 Å². The molecule has 101 heavy (non-hydrogen) atoms. The van der Waals surface area contributed by atoms with Gasteiger partial charge in [0, 0.05) is 73.7 Å². The first-order valence-electron chi connectivity index (χ1n) is 34.4. The number of hydrogen-bond donors (Lipinski definition) is 5. The van der Waals surface area contributed by atoms with E-state index in [0.29, 0.717) is 49.0 Å². The number of ether oxygens (including phenoxy) is 6. The van der Waals surface area contributed by atoms with E-state index in [9.17, 15) is 63.2 Å². The van der Waals surface area contributed by atoms with Crippen molar-refractivity contribution in [2.24, 2.45) is 30.7 Å². The Hall–Kier alpha value is -8.10. The largest absolute Gasteiger partial charge is 0.484 e. The summed E-state index contributed by atoms with van der Waals surface area (Å²) in [5, 5.41) is 33.2. The number of aromatic nitrogens is 2. The molecule has 2 aliphatic heterocycles. The highest BCUT2D eigenvalue weighted by molar-refractivity contribution is 8.00. The zero-order chi connectivity index (χ0) is 74.8. The Morgan fingerprint density at radius 2 is 1.53 bits per heavy atom. The van der Waals surface area contributed by atoms with E-state index in [1.807, 2.05) is 32.0 Å². The predicted molar refractivity (Wildman–Crippen MR) is 375 cm³/mol. The van der Waals surface area contributed by atoms with Crippen LogP contribution in [0.3, 0.4) is 0 Å². The lowest BCUT2D eigenvalue weighted by molar-refractivity contribution is -0.396. The first-order chi connectivity index (χ1) is 48.0. The number of ketones is 1. The maximum absolute atomic E-state index is 14.9. The zero-order valence-electron chi connectivity index (χ0n) is 60.8. The molecule has 5 N–H and O–H groups in total. The van der Waals surface area contributed by atoms with Crippen LogP contribution in [-0.2, 0) is 87.1 Å². The number of carbonyl (C=O) groups is 10. The Morgan fingerprint density at radius 1 is 0.842 bits per heavy atom. The van der Waals surface area contributed by atoms with Crippen LogP contribution in [0, 0.1) is 33.8 Å². The molecule has 2 fully saturated rings. The van der Waals surface area contributed by atoms with E-state index in [0.717, 1.165) is 9.80 Å². The minimum absolute atomic E-state index is 0.00848. The molecule has 0 bridgehead atoms. The summed E-state index contributed by atoms with van der Waals surface area (Å²) in [7, 11) is 7.44. The number of likely N-dealkylation sites (N-methyl/N-ethyl adjacent to an activating group) is 2. The molecule has 2 aliphatic rings. The molecule has 2 aromatic carbocycles. The summed E-state index contributed by atoms with van der Waals surface area (Å²) in [5.74, 6) is -5.66. The van der Waals surface area contributed by atoms with Crippen LogP contribution in [0.25, 0.3) is 0 Å². The van der Waals surface area contributed by atoms with Crippen LogP contribution in [0.1, 0.15) is 136 Å². The Morgan fingerprint density at radius 3 is 2.15 bits per heavy atom. The van der Waals surface area contributed by atoms with Gasteiger partial charge in [-0.25, -0.2) is 9.36 Å². The van der Waals surface area contributed by atoms with E-state index in [1.54, 1.807) is 77.9 Å². The van der Waals surface area contributed by atoms with Gasteiger partial charge in [-0.2, -0.15) is 11.8 Å². The van der Waals surface area contributed by atoms with Gasteiger partial charge in [-0.05, 0) is 78.4 Å². The second-order valence-corrected chi connectivity index (χ2v) is 27.4. The minimum atomic E-state index is -1.15. The standard InChI is InChI=1S/C70H105N11O19S/c1-15-44(6)62(54(95-12)36-58(85)79-29-19-24-52(79)64(96-13)45(7)65(88)73-46(8)63(87)48-21-17-16-18-22-48)77(10)68(91)60(42(2)3)75-66(89)61(43(4)5)78(11)70(92)100-40-47-25-26-53(99-41-49-38-72-69(76(49)9)81(93)94)51(35-47)74-57(84)39-71-56(83)28-32-98-34-33-97-31-20-23-50(82)27-30-80-59(86)37-55(101-14)67(80)90/h16-18,21-22,25-26,35,38,42-46,52,54-55,60-64,87H,15,19-20,23-24,27-34,36-37,39-41H2,1-14H3,(H,71,83)(H,73,88)(H,74,84)(H,75,89)/t44-,45+,46+,52-,54+,55?,60-,61-,62-,63+,64+/m0/s1. The second kappa shape index (κ2) is 41.1. The number of aliphatic hydroxyl groups excluding tert-OH is 1. The number of nitrogens with one attached hydrogen (secondary N) is 4. The number of imidazole rings is 1. The summed E-state index contributed by atoms with van der Waals surface area (Å²) in [4.78, 5) is 155. The van der Waals surface area contributed by atoms with Gasteiger partial charge < -0.3 is 74.7 Å². The number of Topliss-reactive ketones (excluding diaryl/α,β-unsaturated/α-hetero) is 1. The van der Waals surface area contributed by atoms with E-state index in [-0.39, 0.29) is 125 Å². The van der Waals surface area contributed by atoms with Gasteiger partial charge in [0.25, 0.3) is 0 Å². The SMILES string of the molecule is CC[C@H](C)[C@@H]([C@@H](CC(=O)N1CCC[C@H]1[C@H](OC)[C@@H](C)C(=O)N[C@H](C)[C@@H](O)c1ccccc1)OC)N(C)C(=O)[C@@H](NC(=O)[C@H](C(C)C)N(C)C(=O)OCc1ccc(OCc2cnc([N+](=O)[O-])n2C)c(NC(=O)CNC(=O)CCOCCOCCCC(=O)CCN2C(=O)CC(SC)C2=O)c1)C(C)C. The number of aliphatic hydroxyl groups is 1. The van der Waals surface area contributed by atoms with Crippen LogP contribution in [0.2, 0.25) is 0 Å². The van der Waals surface area contributed by atoms with Crippen molar-refractivity contribution in [3.8, 4) is 5.75 Å². The maximum atomic E-state index is 14.9. The van der Waals surface area contributed by atoms with Gasteiger partial charge >= 0.3 is 12.0 Å². The second-order valence-electron chi connectivity index (χ2n) is 26.3. The van der Waals surface area contributed by atoms with Gasteiger partial charge in [-0.3, -0.25) is 53.0 Å². The Kier molecular flexibility index (Phi) is 34.0. The smallest absolute Gasteiger partial charge is 0.434 e. The van der Waals surface area contributed by atoms with Crippen molar-refractivity contribution in [1.29, 1.82) is 0 Å². The fourth-order valence-corrected chi connectivity index (χ4v) is 13.1. The van der Waals surface area contributed by atoms with Crippen molar-refractivity contribution in [1.82, 2.24) is 45.1 Å². The number of rotatable bonds is 43. The van der Waals surface area contributed by atoms with Crippen LogP contribution in [0.4, 0.5) is 16.4 Å². The third kappa shape index (κ3) is 24.0. The fourth-order valence-electron chi connectivity index (χ4n) is 12.5. The van der Waals surface area contributed by atoms with Gasteiger partial charge in [0.15, 0.2) is 5.69 Å². The van der Waals surface area contributed by atoms with E-state index in [4.69, 9.17) is 28.4 Å². The number of methoxy groups -OCH3 is 2. The van der Waals surface area contributed by atoms with Gasteiger partial charge in [0.2, 0.25) is 47.3 Å². The van der Waals surface area contributed by atoms with E-state index >= 15 is 0 Å². The molecule has 30 nitrogen and oxygen atoms in total. The van der Waals surface area contributed by atoms with E-state index in [2.05, 4.69) is 26.3 Å². The highest BCUT2D eigenvalue weighted by Crippen LogP contribution is 2.32. The van der Waals surface area contributed by atoms with E-state index in [1.165, 1.54) is 67.9 Å². The molecule has 31 heteroatoms. The van der Waals surface area contributed by atoms with Gasteiger partial charge in [-0.15, -0.1) is 0 Å². The molecule has 0 aliphatic carbocycles. The van der Waals surface area contributed by atoms with Crippen LogP contribution < -0.4 is 26.0 Å². The number of benzene rings is 2. The topological polar surface area (TPSA) is 368 Å². The molecule has 1 unspecified atom stereocenters. The number of likely N-dealkylation sites (tertiary alicyclic amines) is 2. The molecule has 2 saturated heterocycles. The molecule has 0 saturated carbocycles. The Labute approximate surface area is 595 Å². The van der Waals surface area contributed by atoms with Crippen molar-refractivity contribution < 1.29 is 86.4 Å². The third-order valence-corrected chi connectivity index (χ3v) is 19.4. The summed E-state index contributed by atoms with van der Waals surface area (Å²) in [6.45, 7) is 14.5. The summed E-state index contributed by atoms with van der Waals surface area (Å²) in [6.07, 6.45) is 2.21. The number of amides is 9. The number of carbonyl (C=O) groups excluding carboxylic acids is 10. The molecule has 1 aromatic heterocycles. The summed E-state index contributed by atoms with van der Waals surface area (Å²) in [6, 6.07) is 9.54. The molecule has 3 heterocycles. The molecular weight excluding hydrogens is 1330 g/mol. The van der Waals surface area contributed by atoms with Gasteiger partial charge in [-0.1, -0.05) is 96.3 Å².